The van der Waals surface area contributed by atoms with Gasteiger partial charge in [0.25, 0.3) is 0 Å². The Bertz CT molecular complexity index is 440. The minimum Gasteiger partial charge on any atom is -0.147 e. The van der Waals surface area contributed by atoms with Crippen molar-refractivity contribution in [2.24, 2.45) is 0 Å². The summed E-state index contributed by atoms with van der Waals surface area (Å²) in [6, 6.07) is 11.4. The van der Waals surface area contributed by atoms with Crippen LogP contribution < -0.4 is 0 Å². The van der Waals surface area contributed by atoms with Gasteiger partial charge in [0, 0.05) is 0 Å². The first-order valence-corrected chi connectivity index (χ1v) is 15.4. The standard InChI is InChI=1S/C10H13.2C6H11.ClH.Sn/c1-10(2,3)9-7-5-4-6-8-9;2*1-2-4-6-5-3-1;;/h4-8H,1H2,2-3H3;2*1H,2-6H2;1H;. The SMILES string of the molecule is CC(C)([CH2][Sn]([CH]1CCCCC1)[CH]1CCCCC1)c1ccccc1.Cl. The largest absolute Gasteiger partial charge is 0.147 e. The van der Waals surface area contributed by atoms with Crippen molar-refractivity contribution < 1.29 is 0 Å². The molecule has 1 radical (unpaired) electrons. The third-order valence-corrected chi connectivity index (χ3v) is 19.4. The van der Waals surface area contributed by atoms with E-state index >= 15 is 0 Å². The second-order valence-electron chi connectivity index (χ2n) is 8.67. The van der Waals surface area contributed by atoms with E-state index in [9.17, 15) is 0 Å². The van der Waals surface area contributed by atoms with Crippen LogP contribution in [0.1, 0.15) is 83.6 Å². The molecule has 2 heteroatoms. The number of benzene rings is 1. The van der Waals surface area contributed by atoms with Crippen LogP contribution in [0.25, 0.3) is 0 Å². The molecule has 2 fully saturated rings. The Labute approximate surface area is 163 Å². The average Bonchev–Trinajstić information content (AvgIpc) is 2.62. The Morgan fingerprint density at radius 1 is 0.792 bits per heavy atom. The molecule has 0 atom stereocenters. The van der Waals surface area contributed by atoms with E-state index < -0.39 is 19.8 Å². The van der Waals surface area contributed by atoms with Crippen LogP contribution in [0, 0.1) is 0 Å². The molecule has 0 nitrogen and oxygen atoms in total. The Morgan fingerprint density at radius 3 is 1.71 bits per heavy atom. The topological polar surface area (TPSA) is 0 Å². The fraction of sp³-hybridized carbons (Fsp3) is 0.727. The fourth-order valence-corrected chi connectivity index (χ4v) is 18.7. The van der Waals surface area contributed by atoms with Crippen LogP contribution >= 0.6 is 12.4 Å². The van der Waals surface area contributed by atoms with Gasteiger partial charge in [-0.05, 0) is 0 Å². The molecule has 0 heterocycles. The summed E-state index contributed by atoms with van der Waals surface area (Å²) in [5.41, 5.74) is 2.00. The normalized spacial score (nSPS) is 20.8. The maximum atomic E-state index is 2.54. The van der Waals surface area contributed by atoms with E-state index in [0.717, 1.165) is 0 Å². The molecule has 0 spiro atoms. The molecule has 2 aliphatic rings. The minimum absolute atomic E-state index is 0. The molecule has 135 valence electrons. The van der Waals surface area contributed by atoms with Crippen molar-refractivity contribution >= 4 is 32.2 Å². The summed E-state index contributed by atoms with van der Waals surface area (Å²) in [7, 11) is 0. The number of hydrogen-bond donors (Lipinski definition) is 0. The molecule has 0 saturated heterocycles. The predicted molar refractivity (Wildman–Crippen MR) is 111 cm³/mol. The van der Waals surface area contributed by atoms with Crippen molar-refractivity contribution in [3.63, 3.8) is 0 Å². The van der Waals surface area contributed by atoms with Gasteiger partial charge in [0.2, 0.25) is 0 Å². The van der Waals surface area contributed by atoms with Gasteiger partial charge in [-0.15, -0.1) is 12.4 Å². The molecule has 2 aliphatic carbocycles. The number of halogens is 1. The fourth-order valence-electron chi connectivity index (χ4n) is 5.07. The monoisotopic (exact) mass is 455 g/mol. The Hall–Kier alpha value is 0.309. The summed E-state index contributed by atoms with van der Waals surface area (Å²) < 4.78 is 4.00. The number of rotatable bonds is 5. The summed E-state index contributed by atoms with van der Waals surface area (Å²) in [6.07, 6.45) is 15.5. The van der Waals surface area contributed by atoms with Crippen molar-refractivity contribution in [1.29, 1.82) is 0 Å². The number of hydrogen-bond acceptors (Lipinski definition) is 0. The maximum absolute atomic E-state index is 2.54. The predicted octanol–water partition coefficient (Wildman–Crippen LogP) is 7.55. The van der Waals surface area contributed by atoms with E-state index in [2.05, 4.69) is 44.2 Å². The third-order valence-electron chi connectivity index (χ3n) is 6.46. The van der Waals surface area contributed by atoms with Crippen LogP contribution in [0.5, 0.6) is 0 Å². The van der Waals surface area contributed by atoms with E-state index in [1.165, 1.54) is 46.4 Å². The van der Waals surface area contributed by atoms with Crippen molar-refractivity contribution in [3.05, 3.63) is 35.9 Å². The zero-order valence-electron chi connectivity index (χ0n) is 15.7. The molecule has 0 unspecified atom stereocenters. The Morgan fingerprint density at radius 2 is 1.25 bits per heavy atom. The molecular weight excluding hydrogens is 418 g/mol. The zero-order valence-corrected chi connectivity index (χ0v) is 19.4. The first-order valence-electron chi connectivity index (χ1n) is 10.1. The van der Waals surface area contributed by atoms with Crippen molar-refractivity contribution in [2.75, 3.05) is 0 Å². The molecule has 3 rings (SSSR count). The molecule has 24 heavy (non-hydrogen) atoms. The molecule has 2 saturated carbocycles. The van der Waals surface area contributed by atoms with Crippen molar-refractivity contribution in [1.82, 2.24) is 0 Å². The smallest absolute Gasteiger partial charge is 0.147 e. The first kappa shape index (κ1) is 20.6. The van der Waals surface area contributed by atoms with Crippen LogP contribution in [0.4, 0.5) is 0 Å². The van der Waals surface area contributed by atoms with E-state index in [1.807, 2.05) is 0 Å². The Balaban J connectivity index is 0.00000208. The first-order chi connectivity index (χ1) is 11.2. The summed E-state index contributed by atoms with van der Waals surface area (Å²) in [5.74, 6) is 0. The van der Waals surface area contributed by atoms with Crippen LogP contribution in [0.15, 0.2) is 30.3 Å². The van der Waals surface area contributed by atoms with Gasteiger partial charge in [0.15, 0.2) is 0 Å². The van der Waals surface area contributed by atoms with Gasteiger partial charge in [-0.25, -0.2) is 0 Å². The van der Waals surface area contributed by atoms with Crippen LogP contribution in [0.3, 0.4) is 0 Å². The maximum Gasteiger partial charge on any atom is -0.147 e. The molecule has 0 aromatic heterocycles. The Kier molecular flexibility index (Phi) is 8.47. The minimum atomic E-state index is -1.38. The van der Waals surface area contributed by atoms with Gasteiger partial charge in [-0.2, -0.15) is 0 Å². The van der Waals surface area contributed by atoms with Crippen LogP contribution in [-0.4, -0.2) is 19.8 Å². The van der Waals surface area contributed by atoms with Gasteiger partial charge in [-0.3, -0.25) is 0 Å². The van der Waals surface area contributed by atoms with E-state index in [0.29, 0.717) is 5.41 Å². The average molecular weight is 455 g/mol. The quantitative estimate of drug-likeness (QED) is 0.403. The van der Waals surface area contributed by atoms with Crippen molar-refractivity contribution in [2.45, 2.75) is 95.8 Å². The molecule has 0 N–H and O–H groups in total. The summed E-state index contributed by atoms with van der Waals surface area (Å²) in [5, 5.41) is 0. The van der Waals surface area contributed by atoms with E-state index in [-0.39, 0.29) is 12.4 Å². The van der Waals surface area contributed by atoms with Gasteiger partial charge in [0.05, 0.1) is 0 Å². The van der Waals surface area contributed by atoms with Gasteiger partial charge in [-0.1, -0.05) is 0 Å². The second-order valence-corrected chi connectivity index (χ2v) is 17.6. The molecule has 1 aromatic carbocycles. The van der Waals surface area contributed by atoms with E-state index in [4.69, 9.17) is 0 Å². The van der Waals surface area contributed by atoms with Gasteiger partial charge < -0.3 is 0 Å². The zero-order chi connectivity index (χ0) is 16.1. The summed E-state index contributed by atoms with van der Waals surface area (Å²) in [4.78, 5) is 0. The van der Waals surface area contributed by atoms with Crippen LogP contribution in [0.2, 0.25) is 12.3 Å². The third kappa shape index (κ3) is 5.40. The molecule has 1 aromatic rings. The van der Waals surface area contributed by atoms with Gasteiger partial charge >= 0.3 is 151 Å². The molecule has 0 amide bonds. The van der Waals surface area contributed by atoms with Crippen LogP contribution in [-0.2, 0) is 5.41 Å². The summed E-state index contributed by atoms with van der Waals surface area (Å²) in [6.45, 7) is 5.07. The second kappa shape index (κ2) is 9.86. The molecular formula is C22H36ClSn. The molecule has 0 aliphatic heterocycles. The van der Waals surface area contributed by atoms with E-state index in [1.54, 1.807) is 35.7 Å². The molecule has 0 bridgehead atoms. The summed E-state index contributed by atoms with van der Waals surface area (Å²) >= 11 is -1.38. The van der Waals surface area contributed by atoms with Crippen molar-refractivity contribution in [3.8, 4) is 0 Å². The van der Waals surface area contributed by atoms with Gasteiger partial charge in [0.1, 0.15) is 0 Å².